The number of fused-ring (bicyclic) bond motifs is 1. The number of benzene rings is 2. The lowest BCUT2D eigenvalue weighted by atomic mass is 10.0. The summed E-state index contributed by atoms with van der Waals surface area (Å²) in [6, 6.07) is 18.3. The first-order chi connectivity index (χ1) is 17.0. The Kier molecular flexibility index (Phi) is 7.33. The van der Waals surface area contributed by atoms with E-state index in [1.165, 1.54) is 0 Å². The number of hydrogen-bond donors (Lipinski definition) is 4. The molecule has 10 heteroatoms. The fraction of sp³-hybridized carbons (Fsp3) is 0.320. The van der Waals surface area contributed by atoms with Crippen molar-refractivity contribution < 1.29 is 19.3 Å². The number of rotatable bonds is 6. The molecule has 3 unspecified atom stereocenters. The summed E-state index contributed by atoms with van der Waals surface area (Å²) in [5, 5.41) is 16.7. The zero-order valence-electron chi connectivity index (χ0n) is 19.3. The number of aliphatic hydroxyl groups is 1. The monoisotopic (exact) mass is 514 g/mol. The van der Waals surface area contributed by atoms with Gasteiger partial charge in [-0.2, -0.15) is 0 Å². The van der Waals surface area contributed by atoms with Gasteiger partial charge in [0.05, 0.1) is 35.7 Å². The Morgan fingerprint density at radius 2 is 1.71 bits per heavy atom. The molecule has 4 atom stereocenters. The molecule has 2 aliphatic heterocycles. The van der Waals surface area contributed by atoms with E-state index in [1.807, 2.05) is 31.4 Å². The maximum atomic E-state index is 9.65. The molecule has 2 aliphatic rings. The molecule has 0 radical (unpaired) electrons. The van der Waals surface area contributed by atoms with Gasteiger partial charge in [0.15, 0.2) is 12.1 Å². The maximum Gasteiger partial charge on any atom is 0.207 e. The molecule has 1 fully saturated rings. The van der Waals surface area contributed by atoms with E-state index in [9.17, 15) is 5.11 Å². The fourth-order valence-electron chi connectivity index (χ4n) is 4.01. The number of pyridine rings is 1. The van der Waals surface area contributed by atoms with Crippen molar-refractivity contribution >= 4 is 40.7 Å². The summed E-state index contributed by atoms with van der Waals surface area (Å²) in [5.74, 6) is 0.651. The number of ether oxygens (including phenoxy) is 3. The minimum Gasteiger partial charge on any atom is -0.370 e. The van der Waals surface area contributed by atoms with Crippen LogP contribution in [0.4, 0.5) is 17.2 Å². The number of aliphatic hydroxyl groups excluding tert-OH is 1. The van der Waals surface area contributed by atoms with Gasteiger partial charge in [0.1, 0.15) is 6.10 Å². The van der Waals surface area contributed by atoms with Crippen LogP contribution in [0.2, 0.25) is 5.02 Å². The van der Waals surface area contributed by atoms with Gasteiger partial charge < -0.3 is 34.7 Å². The second kappa shape index (κ2) is 10.6. The van der Waals surface area contributed by atoms with Crippen molar-refractivity contribution in [2.45, 2.75) is 31.8 Å². The predicted molar refractivity (Wildman–Crippen MR) is 141 cm³/mol. The third-order valence-corrected chi connectivity index (χ3v) is 6.64. The smallest absolute Gasteiger partial charge is 0.207 e. The van der Waals surface area contributed by atoms with Crippen molar-refractivity contribution in [2.75, 3.05) is 34.8 Å². The van der Waals surface area contributed by atoms with Crippen molar-refractivity contribution in [3.05, 3.63) is 59.6 Å². The van der Waals surface area contributed by atoms with Crippen molar-refractivity contribution in [2.24, 2.45) is 0 Å². The largest absolute Gasteiger partial charge is 0.370 e. The first-order valence-corrected chi connectivity index (χ1v) is 12.9. The maximum absolute atomic E-state index is 9.65. The Bertz CT molecular complexity index is 1170. The molecule has 2 aromatic carbocycles. The molecule has 1 saturated heterocycles. The lowest BCUT2D eigenvalue weighted by Crippen LogP contribution is -2.39. The van der Waals surface area contributed by atoms with Crippen molar-refractivity contribution in [3.63, 3.8) is 0 Å². The number of nitrogens with zero attached hydrogens (tertiary/aromatic N) is 1. The third-order valence-electron chi connectivity index (χ3n) is 5.92. The normalized spacial score (nSPS) is 23.7. The van der Waals surface area contributed by atoms with Crippen LogP contribution in [0, 0.1) is 0 Å². The second-order valence-corrected chi connectivity index (χ2v) is 9.37. The van der Waals surface area contributed by atoms with E-state index in [4.69, 9.17) is 30.8 Å². The van der Waals surface area contributed by atoms with Gasteiger partial charge in [-0.3, -0.25) is 0 Å². The van der Waals surface area contributed by atoms with Gasteiger partial charge in [0.2, 0.25) is 6.35 Å². The molecular weight excluding hydrogens is 488 g/mol. The van der Waals surface area contributed by atoms with Gasteiger partial charge >= 0.3 is 0 Å². The summed E-state index contributed by atoms with van der Waals surface area (Å²) in [6.45, 7) is 2.23. The summed E-state index contributed by atoms with van der Waals surface area (Å²) in [7, 11) is 0. The molecule has 8 nitrogen and oxygen atoms in total. The van der Waals surface area contributed by atoms with Gasteiger partial charge in [0, 0.05) is 17.5 Å². The SMILES string of the molecule is CSNc1ccc(-c2ccc(-c3nc4c(cc3Cl)NC(OC3COC(O)CO[C@H]3C)N4)cc2)cc1. The molecule has 0 spiro atoms. The zero-order chi connectivity index (χ0) is 24.4. The highest BCUT2D eigenvalue weighted by molar-refractivity contribution is 7.99. The minimum atomic E-state index is -0.946. The Morgan fingerprint density at radius 3 is 2.43 bits per heavy atom. The van der Waals surface area contributed by atoms with Crippen LogP contribution in [0.15, 0.2) is 54.6 Å². The van der Waals surface area contributed by atoms with Crippen LogP contribution in [0.25, 0.3) is 22.4 Å². The molecule has 0 amide bonds. The summed E-state index contributed by atoms with van der Waals surface area (Å²) in [4.78, 5) is 4.75. The second-order valence-electron chi connectivity index (χ2n) is 8.35. The first kappa shape index (κ1) is 24.2. The summed E-state index contributed by atoms with van der Waals surface area (Å²) < 4.78 is 20.2. The Labute approximate surface area is 213 Å². The summed E-state index contributed by atoms with van der Waals surface area (Å²) in [6.07, 6.45) is -0.0660. The van der Waals surface area contributed by atoms with Crippen LogP contribution in [-0.2, 0) is 14.2 Å². The number of anilines is 3. The fourth-order valence-corrected chi connectivity index (χ4v) is 4.64. The van der Waals surface area contributed by atoms with Crippen molar-refractivity contribution in [1.82, 2.24) is 4.98 Å². The van der Waals surface area contributed by atoms with E-state index in [-0.39, 0.29) is 25.4 Å². The van der Waals surface area contributed by atoms with Gasteiger partial charge in [-0.15, -0.1) is 0 Å². The molecule has 3 heterocycles. The number of aromatic nitrogens is 1. The molecular formula is C25H27ClN4O4S. The summed E-state index contributed by atoms with van der Waals surface area (Å²) >= 11 is 8.17. The molecule has 1 aromatic heterocycles. The van der Waals surface area contributed by atoms with Crippen molar-refractivity contribution in [1.29, 1.82) is 0 Å². The summed E-state index contributed by atoms with van der Waals surface area (Å²) in [5.41, 5.74) is 5.67. The highest BCUT2D eigenvalue weighted by Crippen LogP contribution is 2.37. The van der Waals surface area contributed by atoms with Gasteiger partial charge in [0.25, 0.3) is 0 Å². The number of nitrogens with one attached hydrogen (secondary N) is 3. The molecule has 5 rings (SSSR count). The van der Waals surface area contributed by atoms with E-state index in [2.05, 4.69) is 51.8 Å². The van der Waals surface area contributed by atoms with Crippen LogP contribution >= 0.6 is 23.5 Å². The zero-order valence-corrected chi connectivity index (χ0v) is 20.9. The molecule has 35 heavy (non-hydrogen) atoms. The lowest BCUT2D eigenvalue weighted by molar-refractivity contribution is -0.125. The average molecular weight is 515 g/mol. The van der Waals surface area contributed by atoms with Crippen LogP contribution in [0.1, 0.15) is 6.92 Å². The number of hydrogen-bond acceptors (Lipinski definition) is 9. The predicted octanol–water partition coefficient (Wildman–Crippen LogP) is 5.02. The lowest BCUT2D eigenvalue weighted by Gasteiger charge is -2.24. The molecule has 0 saturated carbocycles. The van der Waals surface area contributed by atoms with Crippen LogP contribution in [-0.4, -0.2) is 54.4 Å². The third kappa shape index (κ3) is 5.50. The number of halogens is 1. The highest BCUT2D eigenvalue weighted by atomic mass is 35.5. The standard InChI is InChI=1S/C25H27ClN4O4S/c1-14-21(12-33-22(31)13-32-14)34-25-27-20-11-19(26)23(28-24(20)29-25)17-5-3-15(4-6-17)16-7-9-18(10-8-16)30-35-2/h3-11,14,21-22,25,27,30-31H,12-13H2,1-2H3,(H,28,29)/t14-,21?,22?,25?/m0/s1. The first-order valence-electron chi connectivity index (χ1n) is 11.3. The van der Waals surface area contributed by atoms with Crippen LogP contribution in [0.3, 0.4) is 0 Å². The van der Waals surface area contributed by atoms with Gasteiger partial charge in [-0.1, -0.05) is 59.9 Å². The van der Waals surface area contributed by atoms with Gasteiger partial charge in [-0.05, 0) is 36.2 Å². The van der Waals surface area contributed by atoms with Gasteiger partial charge in [-0.25, -0.2) is 4.98 Å². The van der Waals surface area contributed by atoms with E-state index in [0.29, 0.717) is 16.5 Å². The Morgan fingerprint density at radius 1 is 1.03 bits per heavy atom. The van der Waals surface area contributed by atoms with Crippen molar-refractivity contribution in [3.8, 4) is 22.4 Å². The van der Waals surface area contributed by atoms with E-state index < -0.39 is 12.6 Å². The minimum absolute atomic E-state index is 0.118. The molecule has 4 N–H and O–H groups in total. The van der Waals surface area contributed by atoms with Crippen LogP contribution < -0.4 is 15.4 Å². The van der Waals surface area contributed by atoms with E-state index >= 15 is 0 Å². The average Bonchev–Trinajstić information content (AvgIpc) is 3.18. The molecule has 0 aliphatic carbocycles. The highest BCUT2D eigenvalue weighted by Gasteiger charge is 2.31. The molecule has 184 valence electrons. The molecule has 3 aromatic rings. The quantitative estimate of drug-likeness (QED) is 0.338. The van der Waals surface area contributed by atoms with E-state index in [0.717, 1.165) is 28.1 Å². The Hall–Kier alpha value is -2.53. The molecule has 0 bridgehead atoms. The topological polar surface area (TPSA) is 96.9 Å². The Balaban J connectivity index is 1.29. The van der Waals surface area contributed by atoms with Crippen LogP contribution in [0.5, 0.6) is 0 Å². The van der Waals surface area contributed by atoms with E-state index in [1.54, 1.807) is 11.9 Å².